The van der Waals surface area contributed by atoms with Gasteiger partial charge in [0.05, 0.1) is 0 Å². The van der Waals surface area contributed by atoms with Crippen LogP contribution in [0.3, 0.4) is 0 Å². The summed E-state index contributed by atoms with van der Waals surface area (Å²) in [5.74, 6) is -0.294. The Kier molecular flexibility index (Phi) is 3.00. The van der Waals surface area contributed by atoms with Gasteiger partial charge < -0.3 is 5.11 Å². The number of hydrogen-bond acceptors (Lipinski definition) is 2. The third-order valence-electron chi connectivity index (χ3n) is 2.55. The Morgan fingerprint density at radius 1 is 1.53 bits per heavy atom. The molecule has 15 heavy (non-hydrogen) atoms. The molecule has 1 saturated carbocycles. The lowest BCUT2D eigenvalue weighted by atomic mass is 10.2. The topological polar surface area (TPSA) is 37.3 Å². The highest BCUT2D eigenvalue weighted by molar-refractivity contribution is 8.00. The van der Waals surface area contributed by atoms with E-state index in [1.54, 1.807) is 0 Å². The number of carboxylic acid groups (broad SMARTS) is 1. The Labute approximate surface area is 93.7 Å². The lowest BCUT2D eigenvalue weighted by Gasteiger charge is -2.10. The van der Waals surface area contributed by atoms with Crippen LogP contribution in [0.25, 0.3) is 0 Å². The van der Waals surface area contributed by atoms with Crippen LogP contribution in [0.1, 0.15) is 18.4 Å². The van der Waals surface area contributed by atoms with E-state index in [2.05, 4.69) is 0 Å². The highest BCUT2D eigenvalue weighted by Gasteiger charge is 2.36. The Bertz CT molecular complexity index is 372. The molecule has 0 amide bonds. The molecule has 0 spiro atoms. The van der Waals surface area contributed by atoms with E-state index in [1.165, 1.54) is 17.3 Å². The first-order chi connectivity index (χ1) is 7.16. The van der Waals surface area contributed by atoms with E-state index >= 15 is 0 Å². The molecule has 1 aliphatic rings. The maximum atomic E-state index is 11.0. The predicted molar refractivity (Wildman–Crippen MR) is 61.2 cm³/mol. The van der Waals surface area contributed by atoms with Crippen molar-refractivity contribution in [3.63, 3.8) is 0 Å². The molecular formula is C12H14O2S. The monoisotopic (exact) mass is 222 g/mol. The fourth-order valence-corrected chi connectivity index (χ4v) is 2.85. The van der Waals surface area contributed by atoms with E-state index < -0.39 is 5.97 Å². The molecule has 1 aliphatic carbocycles. The minimum atomic E-state index is -0.677. The zero-order valence-corrected chi connectivity index (χ0v) is 9.46. The van der Waals surface area contributed by atoms with E-state index in [9.17, 15) is 4.79 Å². The lowest BCUT2D eigenvalue weighted by molar-refractivity contribution is -0.136. The van der Waals surface area contributed by atoms with E-state index in [0.29, 0.717) is 5.92 Å². The second kappa shape index (κ2) is 4.27. The van der Waals surface area contributed by atoms with Crippen molar-refractivity contribution in [3.05, 3.63) is 29.8 Å². The van der Waals surface area contributed by atoms with Gasteiger partial charge in [-0.15, -0.1) is 11.8 Å². The van der Waals surface area contributed by atoms with Gasteiger partial charge in [0.1, 0.15) is 5.25 Å². The molecule has 2 nitrogen and oxygen atoms in total. The summed E-state index contributed by atoms with van der Waals surface area (Å²) >= 11 is 1.48. The average molecular weight is 222 g/mol. The SMILES string of the molecule is Cc1cccc(SC(C(=O)O)C2CC2)c1. The molecule has 1 unspecified atom stereocenters. The molecule has 2 rings (SSSR count). The Morgan fingerprint density at radius 2 is 2.27 bits per heavy atom. The van der Waals surface area contributed by atoms with E-state index in [-0.39, 0.29) is 5.25 Å². The minimum absolute atomic E-state index is 0.258. The zero-order chi connectivity index (χ0) is 10.8. The average Bonchev–Trinajstić information content (AvgIpc) is 2.97. The Balaban J connectivity index is 2.08. The third-order valence-corrected chi connectivity index (χ3v) is 3.91. The number of benzene rings is 1. The van der Waals surface area contributed by atoms with Crippen LogP contribution in [-0.4, -0.2) is 16.3 Å². The van der Waals surface area contributed by atoms with Gasteiger partial charge in [-0.05, 0) is 37.8 Å². The van der Waals surface area contributed by atoms with Crippen LogP contribution in [0.15, 0.2) is 29.2 Å². The van der Waals surface area contributed by atoms with Gasteiger partial charge in [0.2, 0.25) is 0 Å². The van der Waals surface area contributed by atoms with E-state index in [4.69, 9.17) is 5.11 Å². The van der Waals surface area contributed by atoms with Crippen molar-refractivity contribution in [1.82, 2.24) is 0 Å². The highest BCUT2D eigenvalue weighted by atomic mass is 32.2. The van der Waals surface area contributed by atoms with Crippen molar-refractivity contribution in [2.75, 3.05) is 0 Å². The lowest BCUT2D eigenvalue weighted by Crippen LogP contribution is -2.18. The molecule has 80 valence electrons. The summed E-state index contributed by atoms with van der Waals surface area (Å²) in [7, 11) is 0. The number of rotatable bonds is 4. The summed E-state index contributed by atoms with van der Waals surface area (Å²) in [6, 6.07) is 8.03. The van der Waals surface area contributed by atoms with Gasteiger partial charge >= 0.3 is 5.97 Å². The van der Waals surface area contributed by atoms with Gasteiger partial charge in [0.15, 0.2) is 0 Å². The maximum Gasteiger partial charge on any atom is 0.317 e. The van der Waals surface area contributed by atoms with Crippen LogP contribution in [0.5, 0.6) is 0 Å². The van der Waals surface area contributed by atoms with Gasteiger partial charge in [0.25, 0.3) is 0 Å². The zero-order valence-electron chi connectivity index (χ0n) is 8.64. The summed E-state index contributed by atoms with van der Waals surface area (Å²) in [5, 5.41) is 8.84. The van der Waals surface area contributed by atoms with Gasteiger partial charge in [0, 0.05) is 4.90 Å². The number of aliphatic carboxylic acids is 1. The van der Waals surface area contributed by atoms with Crippen molar-refractivity contribution in [3.8, 4) is 0 Å². The standard InChI is InChI=1S/C12H14O2S/c1-8-3-2-4-10(7-8)15-11(12(13)14)9-5-6-9/h2-4,7,9,11H,5-6H2,1H3,(H,13,14). The molecule has 0 aliphatic heterocycles. The molecule has 0 radical (unpaired) electrons. The fourth-order valence-electron chi connectivity index (χ4n) is 1.58. The Hall–Kier alpha value is -0.960. The second-order valence-electron chi connectivity index (χ2n) is 4.03. The first-order valence-corrected chi connectivity index (χ1v) is 6.01. The molecule has 0 bridgehead atoms. The molecule has 1 aromatic rings. The number of carbonyl (C=O) groups is 1. The van der Waals surface area contributed by atoms with Gasteiger partial charge in [-0.1, -0.05) is 17.7 Å². The minimum Gasteiger partial charge on any atom is -0.480 e. The number of hydrogen-bond donors (Lipinski definition) is 1. The smallest absolute Gasteiger partial charge is 0.317 e. The first-order valence-electron chi connectivity index (χ1n) is 5.13. The summed E-state index contributed by atoms with van der Waals surface area (Å²) in [6.07, 6.45) is 2.13. The number of carboxylic acids is 1. The highest BCUT2D eigenvalue weighted by Crippen LogP contribution is 2.41. The summed E-state index contributed by atoms with van der Waals surface area (Å²) in [6.45, 7) is 2.02. The van der Waals surface area contributed by atoms with Crippen LogP contribution < -0.4 is 0 Å². The Morgan fingerprint density at radius 3 is 2.80 bits per heavy atom. The largest absolute Gasteiger partial charge is 0.480 e. The molecule has 0 heterocycles. The van der Waals surface area contributed by atoms with Crippen molar-refractivity contribution < 1.29 is 9.90 Å². The molecule has 1 aromatic carbocycles. The number of thioether (sulfide) groups is 1. The summed E-state index contributed by atoms with van der Waals surface area (Å²) in [4.78, 5) is 12.1. The fraction of sp³-hybridized carbons (Fsp3) is 0.417. The van der Waals surface area contributed by atoms with Gasteiger partial charge in [-0.25, -0.2) is 0 Å². The second-order valence-corrected chi connectivity index (χ2v) is 5.25. The van der Waals surface area contributed by atoms with Crippen LogP contribution in [0.2, 0.25) is 0 Å². The third kappa shape index (κ3) is 2.75. The van der Waals surface area contributed by atoms with E-state index in [0.717, 1.165) is 17.7 Å². The van der Waals surface area contributed by atoms with Crippen LogP contribution in [0.4, 0.5) is 0 Å². The van der Waals surface area contributed by atoms with Crippen LogP contribution in [0, 0.1) is 12.8 Å². The summed E-state index contributed by atoms with van der Waals surface area (Å²) in [5.41, 5.74) is 1.18. The molecular weight excluding hydrogens is 208 g/mol. The summed E-state index contributed by atoms with van der Waals surface area (Å²) < 4.78 is 0. The molecule has 0 saturated heterocycles. The van der Waals surface area contributed by atoms with Crippen molar-refractivity contribution >= 4 is 17.7 Å². The van der Waals surface area contributed by atoms with Crippen LogP contribution >= 0.6 is 11.8 Å². The van der Waals surface area contributed by atoms with Crippen molar-refractivity contribution in [2.45, 2.75) is 29.9 Å². The van der Waals surface area contributed by atoms with Crippen molar-refractivity contribution in [2.24, 2.45) is 5.92 Å². The van der Waals surface area contributed by atoms with Gasteiger partial charge in [-0.2, -0.15) is 0 Å². The molecule has 1 atom stereocenters. The van der Waals surface area contributed by atoms with Gasteiger partial charge in [-0.3, -0.25) is 4.79 Å². The predicted octanol–water partition coefficient (Wildman–Crippen LogP) is 2.95. The molecule has 0 aromatic heterocycles. The van der Waals surface area contributed by atoms with Crippen LogP contribution in [-0.2, 0) is 4.79 Å². The number of aryl methyl sites for hydroxylation is 1. The molecule has 1 fully saturated rings. The molecule has 1 N–H and O–H groups in total. The van der Waals surface area contributed by atoms with E-state index in [1.807, 2.05) is 31.2 Å². The maximum absolute atomic E-state index is 11.0. The normalized spacial score (nSPS) is 17.4. The quantitative estimate of drug-likeness (QED) is 0.796. The van der Waals surface area contributed by atoms with Crippen molar-refractivity contribution in [1.29, 1.82) is 0 Å². The molecule has 3 heteroatoms. The first kappa shape index (κ1) is 10.6.